The molecule has 4 aromatic carbocycles. The molecule has 38 heavy (non-hydrogen) atoms. The van der Waals surface area contributed by atoms with Gasteiger partial charge in [0.25, 0.3) is 11.4 Å². The number of nitrogens with zero attached hydrogens (tertiary/aromatic N) is 2. The third-order valence-electron chi connectivity index (χ3n) is 5.23. The van der Waals surface area contributed by atoms with Crippen molar-refractivity contribution >= 4 is 29.1 Å². The van der Waals surface area contributed by atoms with Gasteiger partial charge in [-0.1, -0.05) is 42.5 Å². The van der Waals surface area contributed by atoms with Crippen LogP contribution in [0.5, 0.6) is 11.5 Å². The van der Waals surface area contributed by atoms with E-state index in [9.17, 15) is 34.6 Å². The molecule has 0 radical (unpaired) electrons. The highest BCUT2D eigenvalue weighted by Gasteiger charge is 2.21. The van der Waals surface area contributed by atoms with Crippen LogP contribution in [-0.2, 0) is 0 Å². The molecule has 4 aromatic rings. The summed E-state index contributed by atoms with van der Waals surface area (Å²) < 4.78 is 10.7. The number of ketones is 1. The molecule has 0 aliphatic heterocycles. The Morgan fingerprint density at radius 1 is 0.579 bits per heavy atom. The highest BCUT2D eigenvalue weighted by atomic mass is 16.6. The van der Waals surface area contributed by atoms with Crippen LogP contribution in [0.2, 0.25) is 0 Å². The molecule has 0 atom stereocenters. The monoisotopic (exact) mass is 512 g/mol. The van der Waals surface area contributed by atoms with Gasteiger partial charge >= 0.3 is 11.9 Å². The van der Waals surface area contributed by atoms with Gasteiger partial charge in [-0.25, -0.2) is 9.59 Å². The second-order valence-electron chi connectivity index (χ2n) is 7.75. The number of esters is 2. The van der Waals surface area contributed by atoms with Crippen molar-refractivity contribution in [3.05, 3.63) is 140 Å². The largest absolute Gasteiger partial charge is 0.423 e. The van der Waals surface area contributed by atoms with E-state index in [1.54, 1.807) is 30.3 Å². The van der Waals surface area contributed by atoms with Crippen LogP contribution in [0, 0.1) is 20.2 Å². The first-order chi connectivity index (χ1) is 18.2. The number of non-ortho nitro benzene ring substituents is 2. The molecule has 0 aliphatic rings. The zero-order chi connectivity index (χ0) is 27.2. The van der Waals surface area contributed by atoms with Gasteiger partial charge in [0.05, 0.1) is 26.5 Å². The Bertz CT molecular complexity index is 1580. The number of benzene rings is 4. The number of hydrogen-bond donors (Lipinski definition) is 0. The van der Waals surface area contributed by atoms with E-state index in [4.69, 9.17) is 9.47 Å². The van der Waals surface area contributed by atoms with Crippen LogP contribution in [0.25, 0.3) is 0 Å². The highest BCUT2D eigenvalue weighted by Crippen LogP contribution is 2.29. The molecule has 0 amide bonds. The van der Waals surface area contributed by atoms with Crippen molar-refractivity contribution in [1.82, 2.24) is 0 Å². The van der Waals surface area contributed by atoms with Crippen LogP contribution < -0.4 is 9.47 Å². The lowest BCUT2D eigenvalue weighted by Gasteiger charge is -2.12. The van der Waals surface area contributed by atoms with Crippen LogP contribution >= 0.6 is 0 Å². The number of carbonyl (C=O) groups excluding carboxylic acids is 3. The van der Waals surface area contributed by atoms with Crippen LogP contribution in [0.4, 0.5) is 11.4 Å². The highest BCUT2D eigenvalue weighted by molar-refractivity contribution is 6.11. The molecule has 0 aromatic heterocycles. The second-order valence-corrected chi connectivity index (χ2v) is 7.75. The zero-order valence-electron chi connectivity index (χ0n) is 19.3. The first-order valence-corrected chi connectivity index (χ1v) is 10.9. The summed E-state index contributed by atoms with van der Waals surface area (Å²) in [5.41, 5.74) is -0.629. The van der Waals surface area contributed by atoms with Gasteiger partial charge in [-0.15, -0.1) is 0 Å². The fourth-order valence-corrected chi connectivity index (χ4v) is 3.40. The number of rotatable bonds is 8. The molecular weight excluding hydrogens is 496 g/mol. The molecule has 0 N–H and O–H groups in total. The van der Waals surface area contributed by atoms with Crippen molar-refractivity contribution in [2.24, 2.45) is 0 Å². The Labute approximate surface area is 214 Å². The fraction of sp³-hybridized carbons (Fsp3) is 0. The topological polar surface area (TPSA) is 156 Å². The molecule has 0 bridgehead atoms. The SMILES string of the molecule is O=C(Oc1ccc(C(=O)c2ccccc2)c(OC(=O)c2cccc([N+](=O)[O-])c2)c1)c1cccc([N+](=O)[O-])c1. The molecule has 0 spiro atoms. The Balaban J connectivity index is 1.68. The van der Waals surface area contributed by atoms with Gasteiger partial charge in [-0.3, -0.25) is 25.0 Å². The number of carbonyl (C=O) groups is 3. The Morgan fingerprint density at radius 2 is 1.11 bits per heavy atom. The van der Waals surface area contributed by atoms with Gasteiger partial charge in [0.15, 0.2) is 5.78 Å². The van der Waals surface area contributed by atoms with Gasteiger partial charge in [-0.2, -0.15) is 0 Å². The number of nitro groups is 2. The molecular formula is C27H16N2O9. The van der Waals surface area contributed by atoms with Crippen molar-refractivity contribution in [3.8, 4) is 11.5 Å². The van der Waals surface area contributed by atoms with Gasteiger partial charge in [-0.05, 0) is 24.3 Å². The maximum absolute atomic E-state index is 13.1. The van der Waals surface area contributed by atoms with Gasteiger partial charge in [0, 0.05) is 35.9 Å². The van der Waals surface area contributed by atoms with Gasteiger partial charge in [0.2, 0.25) is 0 Å². The molecule has 0 fully saturated rings. The predicted molar refractivity (Wildman–Crippen MR) is 132 cm³/mol. The molecule has 11 nitrogen and oxygen atoms in total. The molecule has 0 saturated heterocycles. The van der Waals surface area contributed by atoms with E-state index in [0.717, 1.165) is 18.2 Å². The summed E-state index contributed by atoms with van der Waals surface area (Å²) in [7, 11) is 0. The summed E-state index contributed by atoms with van der Waals surface area (Å²) >= 11 is 0. The first-order valence-electron chi connectivity index (χ1n) is 10.9. The summed E-state index contributed by atoms with van der Waals surface area (Å²) in [6.07, 6.45) is 0. The first kappa shape index (κ1) is 25.4. The second kappa shape index (κ2) is 10.9. The maximum atomic E-state index is 13.1. The molecule has 0 heterocycles. The van der Waals surface area contributed by atoms with E-state index in [1.165, 1.54) is 48.5 Å². The standard InChI is InChI=1S/C27H16N2O9/c30-25(17-6-2-1-3-7-17)23-13-12-22(37-26(31)18-8-4-10-20(14-18)28(33)34)16-24(23)38-27(32)19-9-5-11-21(15-19)29(35)36/h1-16H. The van der Waals surface area contributed by atoms with E-state index in [0.29, 0.717) is 5.56 Å². The van der Waals surface area contributed by atoms with E-state index < -0.39 is 27.6 Å². The summed E-state index contributed by atoms with van der Waals surface area (Å²) in [4.78, 5) is 59.3. The third-order valence-corrected chi connectivity index (χ3v) is 5.23. The minimum atomic E-state index is -0.988. The Hall–Kier alpha value is -5.71. The molecule has 11 heteroatoms. The number of nitro benzene ring substituents is 2. The Morgan fingerprint density at radius 3 is 1.66 bits per heavy atom. The minimum Gasteiger partial charge on any atom is -0.423 e. The van der Waals surface area contributed by atoms with E-state index >= 15 is 0 Å². The fourth-order valence-electron chi connectivity index (χ4n) is 3.40. The lowest BCUT2D eigenvalue weighted by Crippen LogP contribution is -2.14. The van der Waals surface area contributed by atoms with Crippen LogP contribution in [0.1, 0.15) is 36.6 Å². The smallest absolute Gasteiger partial charge is 0.343 e. The van der Waals surface area contributed by atoms with Crippen LogP contribution in [0.15, 0.2) is 97.1 Å². The minimum absolute atomic E-state index is 0.0369. The van der Waals surface area contributed by atoms with Crippen molar-refractivity contribution in [2.75, 3.05) is 0 Å². The van der Waals surface area contributed by atoms with Crippen LogP contribution in [-0.4, -0.2) is 27.6 Å². The molecule has 0 aliphatic carbocycles. The maximum Gasteiger partial charge on any atom is 0.343 e. The van der Waals surface area contributed by atoms with Gasteiger partial charge in [0.1, 0.15) is 11.5 Å². The van der Waals surface area contributed by atoms with E-state index in [2.05, 4.69) is 0 Å². The molecule has 4 rings (SSSR count). The van der Waals surface area contributed by atoms with Crippen molar-refractivity contribution in [3.63, 3.8) is 0 Å². The van der Waals surface area contributed by atoms with Gasteiger partial charge < -0.3 is 9.47 Å². The van der Waals surface area contributed by atoms with Crippen molar-refractivity contribution < 1.29 is 33.7 Å². The average molecular weight is 512 g/mol. The van der Waals surface area contributed by atoms with E-state index in [-0.39, 0.29) is 39.6 Å². The number of hydrogen-bond acceptors (Lipinski definition) is 9. The molecule has 0 saturated carbocycles. The van der Waals surface area contributed by atoms with Crippen molar-refractivity contribution in [1.29, 1.82) is 0 Å². The molecule has 0 unspecified atom stereocenters. The normalized spacial score (nSPS) is 10.3. The lowest BCUT2D eigenvalue weighted by molar-refractivity contribution is -0.385. The van der Waals surface area contributed by atoms with E-state index in [1.807, 2.05) is 0 Å². The summed E-state index contributed by atoms with van der Waals surface area (Å²) in [6, 6.07) is 21.6. The summed E-state index contributed by atoms with van der Waals surface area (Å²) in [5.74, 6) is -2.79. The number of ether oxygens (including phenoxy) is 2. The summed E-state index contributed by atoms with van der Waals surface area (Å²) in [5, 5.41) is 22.1. The Kier molecular flexibility index (Phi) is 7.29. The van der Waals surface area contributed by atoms with Crippen molar-refractivity contribution in [2.45, 2.75) is 0 Å². The third kappa shape index (κ3) is 5.74. The lowest BCUT2D eigenvalue weighted by atomic mass is 10.0. The molecule has 188 valence electrons. The average Bonchev–Trinajstić information content (AvgIpc) is 2.93. The summed E-state index contributed by atoms with van der Waals surface area (Å²) in [6.45, 7) is 0. The zero-order valence-corrected chi connectivity index (χ0v) is 19.3. The van der Waals surface area contributed by atoms with Crippen LogP contribution in [0.3, 0.4) is 0 Å². The predicted octanol–water partition coefficient (Wildman–Crippen LogP) is 5.17. The quantitative estimate of drug-likeness (QED) is 0.102.